The summed E-state index contributed by atoms with van der Waals surface area (Å²) in [6.07, 6.45) is 0. The van der Waals surface area contributed by atoms with Crippen molar-refractivity contribution in [2.24, 2.45) is 0 Å². The second kappa shape index (κ2) is 7.92. The summed E-state index contributed by atoms with van der Waals surface area (Å²) in [6.45, 7) is 1.47. The first kappa shape index (κ1) is 17.2. The molecule has 2 rings (SSSR count). The maximum atomic E-state index is 12.0. The molecule has 6 heteroatoms. The number of nitrogens with one attached hydrogen (secondary N) is 2. The number of esters is 1. The molecule has 1 amide bonds. The Morgan fingerprint density at radius 3 is 2.29 bits per heavy atom. The number of ketones is 1. The third-order valence-corrected chi connectivity index (χ3v) is 3.35. The fraction of sp³-hybridized carbons (Fsp3) is 0.167. The number of carbonyl (C=O) groups is 3. The van der Waals surface area contributed by atoms with Crippen molar-refractivity contribution < 1.29 is 19.1 Å². The number of methoxy groups -OCH3 is 1. The predicted octanol–water partition coefficient (Wildman–Crippen LogP) is 2.73. The summed E-state index contributed by atoms with van der Waals surface area (Å²) >= 11 is 0. The van der Waals surface area contributed by atoms with Gasteiger partial charge in [0.25, 0.3) is 0 Å². The Morgan fingerprint density at radius 2 is 1.67 bits per heavy atom. The van der Waals surface area contributed by atoms with Gasteiger partial charge in [-0.15, -0.1) is 0 Å². The van der Waals surface area contributed by atoms with Gasteiger partial charge in [-0.1, -0.05) is 12.1 Å². The molecule has 0 heterocycles. The Labute approximate surface area is 139 Å². The Morgan fingerprint density at radius 1 is 1.00 bits per heavy atom. The molecule has 0 radical (unpaired) electrons. The lowest BCUT2D eigenvalue weighted by Crippen LogP contribution is -2.22. The van der Waals surface area contributed by atoms with Gasteiger partial charge in [-0.3, -0.25) is 9.59 Å². The van der Waals surface area contributed by atoms with E-state index < -0.39 is 5.97 Å². The van der Waals surface area contributed by atoms with Gasteiger partial charge in [-0.05, 0) is 43.3 Å². The van der Waals surface area contributed by atoms with Gasteiger partial charge in [0.15, 0.2) is 5.78 Å². The highest BCUT2D eigenvalue weighted by molar-refractivity contribution is 5.98. The van der Waals surface area contributed by atoms with E-state index in [0.29, 0.717) is 22.5 Å². The van der Waals surface area contributed by atoms with E-state index in [0.717, 1.165) is 0 Å². The molecule has 0 fully saturated rings. The topological polar surface area (TPSA) is 84.5 Å². The second-order valence-electron chi connectivity index (χ2n) is 5.07. The molecule has 2 N–H and O–H groups in total. The minimum absolute atomic E-state index is 0.0114. The van der Waals surface area contributed by atoms with E-state index in [1.165, 1.54) is 14.0 Å². The Balaban J connectivity index is 1.96. The standard InChI is InChI=1S/C18H18N2O4/c1-12(21)13-7-9-14(10-8-13)20-17(22)11-19-16-6-4-3-5-15(16)18(23)24-2/h3-10,19H,11H2,1-2H3,(H,20,22). The van der Waals surface area contributed by atoms with Gasteiger partial charge >= 0.3 is 5.97 Å². The molecule has 24 heavy (non-hydrogen) atoms. The van der Waals surface area contributed by atoms with Crippen LogP contribution >= 0.6 is 0 Å². The Bertz CT molecular complexity index is 754. The maximum absolute atomic E-state index is 12.0. The van der Waals surface area contributed by atoms with Crippen molar-refractivity contribution in [1.29, 1.82) is 0 Å². The number of hydrogen-bond acceptors (Lipinski definition) is 5. The largest absolute Gasteiger partial charge is 0.465 e. The van der Waals surface area contributed by atoms with Crippen molar-refractivity contribution in [3.05, 3.63) is 59.7 Å². The SMILES string of the molecule is COC(=O)c1ccccc1NCC(=O)Nc1ccc(C(C)=O)cc1. The second-order valence-corrected chi connectivity index (χ2v) is 5.07. The monoisotopic (exact) mass is 326 g/mol. The number of ether oxygens (including phenoxy) is 1. The van der Waals surface area contributed by atoms with Gasteiger partial charge in [0.05, 0.1) is 19.2 Å². The van der Waals surface area contributed by atoms with Crippen molar-refractivity contribution in [1.82, 2.24) is 0 Å². The summed E-state index contributed by atoms with van der Waals surface area (Å²) < 4.78 is 4.70. The molecular formula is C18H18N2O4. The van der Waals surface area contributed by atoms with E-state index in [9.17, 15) is 14.4 Å². The van der Waals surface area contributed by atoms with Gasteiger partial charge in [-0.2, -0.15) is 0 Å². The molecule has 0 aliphatic rings. The number of anilines is 2. The number of benzene rings is 2. The Kier molecular flexibility index (Phi) is 5.68. The van der Waals surface area contributed by atoms with Crippen molar-refractivity contribution in [2.45, 2.75) is 6.92 Å². The number of rotatable bonds is 6. The van der Waals surface area contributed by atoms with E-state index in [1.54, 1.807) is 48.5 Å². The normalized spacial score (nSPS) is 9.92. The molecule has 0 bridgehead atoms. The molecule has 0 aromatic heterocycles. The van der Waals surface area contributed by atoms with Crippen molar-refractivity contribution in [2.75, 3.05) is 24.3 Å². The van der Waals surface area contributed by atoms with Gasteiger partial charge in [0.2, 0.25) is 5.91 Å². The third-order valence-electron chi connectivity index (χ3n) is 3.35. The predicted molar refractivity (Wildman–Crippen MR) is 91.3 cm³/mol. The van der Waals surface area contributed by atoms with Crippen LogP contribution in [0.5, 0.6) is 0 Å². The average molecular weight is 326 g/mol. The van der Waals surface area contributed by atoms with E-state index in [4.69, 9.17) is 4.74 Å². The van der Waals surface area contributed by atoms with Crippen LogP contribution in [0.2, 0.25) is 0 Å². The molecule has 0 spiro atoms. The van der Waals surface area contributed by atoms with Gasteiger partial charge in [0.1, 0.15) is 0 Å². The van der Waals surface area contributed by atoms with E-state index in [-0.39, 0.29) is 18.2 Å². The van der Waals surface area contributed by atoms with Crippen LogP contribution in [0, 0.1) is 0 Å². The lowest BCUT2D eigenvalue weighted by atomic mass is 10.1. The molecular weight excluding hydrogens is 308 g/mol. The fourth-order valence-electron chi connectivity index (χ4n) is 2.09. The van der Waals surface area contributed by atoms with Gasteiger partial charge in [0, 0.05) is 16.9 Å². The zero-order valence-corrected chi connectivity index (χ0v) is 13.5. The summed E-state index contributed by atoms with van der Waals surface area (Å²) in [6, 6.07) is 13.4. The van der Waals surface area contributed by atoms with Crippen LogP contribution in [-0.2, 0) is 9.53 Å². The minimum atomic E-state index is -0.474. The molecule has 0 atom stereocenters. The number of para-hydroxylation sites is 1. The highest BCUT2D eigenvalue weighted by Gasteiger charge is 2.11. The third kappa shape index (κ3) is 4.42. The molecule has 0 aliphatic carbocycles. The number of hydrogen-bond donors (Lipinski definition) is 2. The molecule has 0 saturated heterocycles. The van der Waals surface area contributed by atoms with Crippen molar-refractivity contribution >= 4 is 29.0 Å². The molecule has 6 nitrogen and oxygen atoms in total. The van der Waals surface area contributed by atoms with Crippen LogP contribution in [0.15, 0.2) is 48.5 Å². The molecule has 0 unspecified atom stereocenters. The lowest BCUT2D eigenvalue weighted by molar-refractivity contribution is -0.114. The number of carbonyl (C=O) groups excluding carboxylic acids is 3. The molecule has 2 aromatic carbocycles. The zero-order valence-electron chi connectivity index (χ0n) is 13.5. The first-order chi connectivity index (χ1) is 11.5. The summed E-state index contributed by atoms with van der Waals surface area (Å²) in [5.74, 6) is -0.780. The smallest absolute Gasteiger partial charge is 0.339 e. The van der Waals surface area contributed by atoms with Crippen molar-refractivity contribution in [3.8, 4) is 0 Å². The quantitative estimate of drug-likeness (QED) is 0.630. The van der Waals surface area contributed by atoms with Crippen LogP contribution < -0.4 is 10.6 Å². The van der Waals surface area contributed by atoms with E-state index in [1.807, 2.05) is 0 Å². The number of amides is 1. The summed E-state index contributed by atoms with van der Waals surface area (Å²) in [4.78, 5) is 34.9. The molecule has 124 valence electrons. The molecule has 0 aliphatic heterocycles. The maximum Gasteiger partial charge on any atom is 0.339 e. The Hall–Kier alpha value is -3.15. The van der Waals surface area contributed by atoms with E-state index in [2.05, 4.69) is 10.6 Å². The average Bonchev–Trinajstić information content (AvgIpc) is 2.60. The van der Waals surface area contributed by atoms with Gasteiger partial charge < -0.3 is 15.4 Å². The van der Waals surface area contributed by atoms with Crippen LogP contribution in [-0.4, -0.2) is 31.3 Å². The summed E-state index contributed by atoms with van der Waals surface area (Å²) in [5.41, 5.74) is 2.05. The van der Waals surface area contributed by atoms with E-state index >= 15 is 0 Å². The van der Waals surface area contributed by atoms with Crippen LogP contribution in [0.25, 0.3) is 0 Å². The van der Waals surface area contributed by atoms with Gasteiger partial charge in [-0.25, -0.2) is 4.79 Å². The van der Waals surface area contributed by atoms with Crippen LogP contribution in [0.1, 0.15) is 27.6 Å². The number of Topliss-reactive ketones (excluding diaryl/α,β-unsaturated/α-hetero) is 1. The fourth-order valence-corrected chi connectivity index (χ4v) is 2.09. The van der Waals surface area contributed by atoms with Crippen LogP contribution in [0.4, 0.5) is 11.4 Å². The first-order valence-corrected chi connectivity index (χ1v) is 7.33. The highest BCUT2D eigenvalue weighted by Crippen LogP contribution is 2.16. The molecule has 0 saturated carbocycles. The molecule has 2 aromatic rings. The van der Waals surface area contributed by atoms with Crippen molar-refractivity contribution in [3.63, 3.8) is 0 Å². The summed E-state index contributed by atoms with van der Waals surface area (Å²) in [5, 5.41) is 5.62. The highest BCUT2D eigenvalue weighted by atomic mass is 16.5. The first-order valence-electron chi connectivity index (χ1n) is 7.33. The van der Waals surface area contributed by atoms with Crippen LogP contribution in [0.3, 0.4) is 0 Å². The summed E-state index contributed by atoms with van der Waals surface area (Å²) in [7, 11) is 1.30. The lowest BCUT2D eigenvalue weighted by Gasteiger charge is -2.11. The zero-order chi connectivity index (χ0) is 17.5. The minimum Gasteiger partial charge on any atom is -0.465 e.